The van der Waals surface area contributed by atoms with Crippen LogP contribution in [-0.2, 0) is 6.54 Å². The van der Waals surface area contributed by atoms with Gasteiger partial charge in [-0.3, -0.25) is 0 Å². The molecule has 1 aromatic rings. The van der Waals surface area contributed by atoms with Crippen molar-refractivity contribution >= 4 is 0 Å². The molecule has 0 spiro atoms. The van der Waals surface area contributed by atoms with Gasteiger partial charge in [-0.2, -0.15) is 0 Å². The van der Waals surface area contributed by atoms with Crippen LogP contribution < -0.4 is 5.73 Å². The number of nitrogens with zero attached hydrogens (tertiary/aromatic N) is 2. The molecule has 1 atom stereocenters. The maximum Gasteiger partial charge on any atom is 0.0949 e. The van der Waals surface area contributed by atoms with Crippen molar-refractivity contribution in [2.24, 2.45) is 11.7 Å². The van der Waals surface area contributed by atoms with Crippen LogP contribution in [0.5, 0.6) is 0 Å². The Balaban J connectivity index is 2.34. The number of unbranched alkanes of at least 4 members (excludes halogenated alkanes) is 1. The average Bonchev–Trinajstić information content (AvgIpc) is 2.66. The molecule has 1 rings (SSSR count). The lowest BCUT2D eigenvalue weighted by atomic mass is 10.0. The molecule has 92 valence electrons. The van der Waals surface area contributed by atoms with E-state index in [9.17, 15) is 0 Å². The Morgan fingerprint density at radius 2 is 2.06 bits per heavy atom. The Hall–Kier alpha value is -0.830. The molecule has 16 heavy (non-hydrogen) atoms. The minimum Gasteiger partial charge on any atom is -0.337 e. The molecule has 0 saturated carbocycles. The molecule has 0 aromatic carbocycles. The third-order valence-corrected chi connectivity index (χ3v) is 2.92. The summed E-state index contributed by atoms with van der Waals surface area (Å²) in [4.78, 5) is 4.41. The number of hydrogen-bond donors (Lipinski definition) is 1. The van der Waals surface area contributed by atoms with Gasteiger partial charge in [0.05, 0.1) is 12.0 Å². The van der Waals surface area contributed by atoms with Crippen LogP contribution in [0.15, 0.2) is 12.5 Å². The summed E-state index contributed by atoms with van der Waals surface area (Å²) in [7, 11) is 0. The zero-order valence-corrected chi connectivity index (χ0v) is 10.8. The number of nitrogens with two attached hydrogens (primary N) is 1. The zero-order chi connectivity index (χ0) is 12.0. The lowest BCUT2D eigenvalue weighted by Crippen LogP contribution is -2.07. The van der Waals surface area contributed by atoms with E-state index in [0.29, 0.717) is 11.8 Å². The fourth-order valence-electron chi connectivity index (χ4n) is 1.86. The first-order valence-electron chi connectivity index (χ1n) is 6.35. The van der Waals surface area contributed by atoms with Crippen LogP contribution in [0.1, 0.15) is 51.6 Å². The van der Waals surface area contributed by atoms with Crippen LogP contribution >= 0.6 is 0 Å². The van der Waals surface area contributed by atoms with E-state index in [0.717, 1.165) is 19.5 Å². The summed E-state index contributed by atoms with van der Waals surface area (Å²) in [5.74, 6) is 1.23. The zero-order valence-electron chi connectivity index (χ0n) is 10.8. The van der Waals surface area contributed by atoms with Crippen molar-refractivity contribution in [3.05, 3.63) is 18.2 Å². The SMILES string of the molecule is CC(CCCCN)Cn1cnc(C(C)C)c1. The van der Waals surface area contributed by atoms with Gasteiger partial charge in [-0.15, -0.1) is 0 Å². The second kappa shape index (κ2) is 6.69. The van der Waals surface area contributed by atoms with Crippen LogP contribution in [0.4, 0.5) is 0 Å². The Morgan fingerprint density at radius 1 is 1.31 bits per heavy atom. The van der Waals surface area contributed by atoms with Crippen molar-refractivity contribution < 1.29 is 0 Å². The summed E-state index contributed by atoms with van der Waals surface area (Å²) < 4.78 is 2.21. The topological polar surface area (TPSA) is 43.8 Å². The fraction of sp³-hybridized carbons (Fsp3) is 0.769. The van der Waals surface area contributed by atoms with Crippen molar-refractivity contribution in [1.29, 1.82) is 0 Å². The van der Waals surface area contributed by atoms with E-state index in [2.05, 4.69) is 36.5 Å². The fourth-order valence-corrected chi connectivity index (χ4v) is 1.86. The summed E-state index contributed by atoms with van der Waals surface area (Å²) in [6.07, 6.45) is 7.76. The molecule has 3 heteroatoms. The highest BCUT2D eigenvalue weighted by Gasteiger charge is 2.06. The molecule has 1 unspecified atom stereocenters. The van der Waals surface area contributed by atoms with Crippen molar-refractivity contribution in [2.75, 3.05) is 6.54 Å². The third kappa shape index (κ3) is 4.35. The molecule has 1 heterocycles. The normalized spacial score (nSPS) is 13.3. The first kappa shape index (κ1) is 13.2. The van der Waals surface area contributed by atoms with Crippen LogP contribution in [0.3, 0.4) is 0 Å². The van der Waals surface area contributed by atoms with Gasteiger partial charge < -0.3 is 10.3 Å². The van der Waals surface area contributed by atoms with Gasteiger partial charge in [0, 0.05) is 12.7 Å². The monoisotopic (exact) mass is 223 g/mol. The predicted octanol–water partition coefficient (Wildman–Crippen LogP) is 2.77. The number of imidazole rings is 1. The van der Waals surface area contributed by atoms with Crippen LogP contribution in [0, 0.1) is 5.92 Å². The molecular weight excluding hydrogens is 198 g/mol. The van der Waals surface area contributed by atoms with Gasteiger partial charge in [0.25, 0.3) is 0 Å². The van der Waals surface area contributed by atoms with Gasteiger partial charge in [0.2, 0.25) is 0 Å². The van der Waals surface area contributed by atoms with Gasteiger partial charge >= 0.3 is 0 Å². The van der Waals surface area contributed by atoms with E-state index >= 15 is 0 Å². The largest absolute Gasteiger partial charge is 0.337 e. The molecule has 1 aromatic heterocycles. The first-order chi connectivity index (χ1) is 7.63. The molecule has 0 aliphatic rings. The summed E-state index contributed by atoms with van der Waals surface area (Å²) in [6, 6.07) is 0. The lowest BCUT2D eigenvalue weighted by Gasteiger charge is -2.11. The van der Waals surface area contributed by atoms with E-state index in [1.807, 2.05) is 6.33 Å². The Bertz CT molecular complexity index is 291. The summed E-state index contributed by atoms with van der Waals surface area (Å²) in [6.45, 7) is 8.54. The summed E-state index contributed by atoms with van der Waals surface area (Å²) >= 11 is 0. The average molecular weight is 223 g/mol. The van der Waals surface area contributed by atoms with Crippen LogP contribution in [0.25, 0.3) is 0 Å². The van der Waals surface area contributed by atoms with Crippen molar-refractivity contribution in [1.82, 2.24) is 9.55 Å². The predicted molar refractivity (Wildman–Crippen MR) is 68.4 cm³/mol. The Labute approximate surface area is 99.1 Å². The first-order valence-corrected chi connectivity index (χ1v) is 6.35. The summed E-state index contributed by atoms with van der Waals surface area (Å²) in [5, 5.41) is 0. The van der Waals surface area contributed by atoms with E-state index < -0.39 is 0 Å². The molecule has 2 N–H and O–H groups in total. The Kier molecular flexibility index (Phi) is 5.53. The molecule has 0 amide bonds. The van der Waals surface area contributed by atoms with Crippen molar-refractivity contribution in [2.45, 2.75) is 52.5 Å². The van der Waals surface area contributed by atoms with E-state index in [4.69, 9.17) is 5.73 Å². The molecule has 0 radical (unpaired) electrons. The van der Waals surface area contributed by atoms with Gasteiger partial charge in [0.15, 0.2) is 0 Å². The quantitative estimate of drug-likeness (QED) is 0.722. The minimum absolute atomic E-state index is 0.522. The van der Waals surface area contributed by atoms with E-state index in [-0.39, 0.29) is 0 Å². The number of aromatic nitrogens is 2. The lowest BCUT2D eigenvalue weighted by molar-refractivity contribution is 0.432. The summed E-state index contributed by atoms with van der Waals surface area (Å²) in [5.41, 5.74) is 6.68. The third-order valence-electron chi connectivity index (χ3n) is 2.92. The minimum atomic E-state index is 0.522. The highest BCUT2D eigenvalue weighted by molar-refractivity contribution is 5.01. The van der Waals surface area contributed by atoms with Crippen molar-refractivity contribution in [3.63, 3.8) is 0 Å². The maximum atomic E-state index is 5.49. The number of hydrogen-bond acceptors (Lipinski definition) is 2. The molecule has 3 nitrogen and oxygen atoms in total. The van der Waals surface area contributed by atoms with Crippen molar-refractivity contribution in [3.8, 4) is 0 Å². The van der Waals surface area contributed by atoms with Crippen LogP contribution in [0.2, 0.25) is 0 Å². The Morgan fingerprint density at radius 3 is 2.62 bits per heavy atom. The molecular formula is C13H25N3. The molecule has 0 aliphatic heterocycles. The second-order valence-electron chi connectivity index (χ2n) is 5.04. The molecule has 0 saturated heterocycles. The van der Waals surface area contributed by atoms with Gasteiger partial charge in [-0.1, -0.05) is 27.2 Å². The maximum absolute atomic E-state index is 5.49. The van der Waals surface area contributed by atoms with Gasteiger partial charge in [-0.25, -0.2) is 4.98 Å². The van der Waals surface area contributed by atoms with Gasteiger partial charge in [-0.05, 0) is 31.2 Å². The van der Waals surface area contributed by atoms with E-state index in [1.54, 1.807) is 0 Å². The highest BCUT2D eigenvalue weighted by atomic mass is 15.0. The van der Waals surface area contributed by atoms with E-state index in [1.165, 1.54) is 18.5 Å². The molecule has 0 fully saturated rings. The highest BCUT2D eigenvalue weighted by Crippen LogP contribution is 2.14. The molecule has 0 bridgehead atoms. The number of rotatable bonds is 7. The van der Waals surface area contributed by atoms with Crippen LogP contribution in [-0.4, -0.2) is 16.1 Å². The second-order valence-corrected chi connectivity index (χ2v) is 5.04. The molecule has 0 aliphatic carbocycles. The van der Waals surface area contributed by atoms with Gasteiger partial charge in [0.1, 0.15) is 0 Å². The standard InChI is InChI=1S/C13H25N3/c1-11(2)13-9-16(10-15-13)8-12(3)6-4-5-7-14/h9-12H,4-8,14H2,1-3H3. The smallest absolute Gasteiger partial charge is 0.0949 e.